The Morgan fingerprint density at radius 2 is 2.53 bits per heavy atom. The number of hydrazone groups is 1. The van der Waals surface area contributed by atoms with Crippen molar-refractivity contribution in [1.82, 2.24) is 10.2 Å². The monoisotopic (exact) mass is 264 g/mol. The van der Waals surface area contributed by atoms with E-state index in [1.54, 1.807) is 13.0 Å². The van der Waals surface area contributed by atoms with Crippen LogP contribution >= 0.6 is 0 Å². The van der Waals surface area contributed by atoms with Crippen LogP contribution in [0, 0.1) is 0 Å². The zero-order valence-electron chi connectivity index (χ0n) is 10.2. The number of nitrogens with zero attached hydrogens (tertiary/aromatic N) is 4. The quantitative estimate of drug-likeness (QED) is 0.777. The second-order valence-corrected chi connectivity index (χ2v) is 3.57. The van der Waals surface area contributed by atoms with E-state index in [9.17, 15) is 4.79 Å². The van der Waals surface area contributed by atoms with Crippen molar-refractivity contribution in [2.45, 2.75) is 6.92 Å². The highest BCUT2D eigenvalue weighted by Gasteiger charge is 2.15. The number of ether oxygens (including phenoxy) is 1. The molecule has 1 aromatic rings. The first-order chi connectivity index (χ1) is 9.19. The number of aliphatic imine (C=N–C) groups is 1. The Morgan fingerprint density at radius 3 is 3.21 bits per heavy atom. The number of hydrogen-bond acceptors (Lipinski definition) is 8. The highest BCUT2D eigenvalue weighted by Crippen LogP contribution is 2.12. The zero-order chi connectivity index (χ0) is 13.7. The first-order valence-corrected chi connectivity index (χ1v) is 5.62. The highest BCUT2D eigenvalue weighted by atomic mass is 16.5. The van der Waals surface area contributed by atoms with E-state index in [2.05, 4.69) is 21.1 Å². The van der Waals surface area contributed by atoms with E-state index < -0.39 is 0 Å². The van der Waals surface area contributed by atoms with Crippen LogP contribution in [0.15, 0.2) is 26.8 Å². The molecule has 1 N–H and O–H groups in total. The SMILES string of the molecule is CCOC(=O)CN1CC=C=NC(c2cc(O)no2)=N1. The van der Waals surface area contributed by atoms with Gasteiger partial charge in [-0.3, -0.25) is 9.80 Å². The average molecular weight is 264 g/mol. The minimum Gasteiger partial charge on any atom is -0.491 e. The fraction of sp³-hybridized carbons (Fsp3) is 0.364. The maximum absolute atomic E-state index is 11.4. The van der Waals surface area contributed by atoms with E-state index >= 15 is 0 Å². The van der Waals surface area contributed by atoms with Crippen molar-refractivity contribution >= 4 is 17.7 Å². The van der Waals surface area contributed by atoms with Crippen molar-refractivity contribution < 1.29 is 19.2 Å². The van der Waals surface area contributed by atoms with Gasteiger partial charge < -0.3 is 14.4 Å². The number of aromatic hydroxyl groups is 1. The molecule has 0 bridgehead atoms. The summed E-state index contributed by atoms with van der Waals surface area (Å²) in [6.07, 6.45) is 1.62. The first-order valence-electron chi connectivity index (χ1n) is 5.62. The summed E-state index contributed by atoms with van der Waals surface area (Å²) in [6.45, 7) is 2.40. The lowest BCUT2D eigenvalue weighted by Gasteiger charge is -2.14. The highest BCUT2D eigenvalue weighted by molar-refractivity contribution is 6.00. The fourth-order valence-corrected chi connectivity index (χ4v) is 1.38. The van der Waals surface area contributed by atoms with Crippen LogP contribution in [0.2, 0.25) is 0 Å². The molecule has 0 amide bonds. The predicted octanol–water partition coefficient (Wildman–Crippen LogP) is 0.146. The minimum atomic E-state index is -0.388. The van der Waals surface area contributed by atoms with Gasteiger partial charge in [-0.1, -0.05) is 0 Å². The van der Waals surface area contributed by atoms with Crippen molar-refractivity contribution in [1.29, 1.82) is 0 Å². The third kappa shape index (κ3) is 3.43. The lowest BCUT2D eigenvalue weighted by atomic mass is 10.4. The number of carbonyl (C=O) groups excluding carboxylic acids is 1. The maximum Gasteiger partial charge on any atom is 0.327 e. The predicted molar refractivity (Wildman–Crippen MR) is 64.9 cm³/mol. The summed E-state index contributed by atoms with van der Waals surface area (Å²) in [7, 11) is 0. The van der Waals surface area contributed by atoms with Crippen LogP contribution in [-0.2, 0) is 9.53 Å². The molecule has 0 fully saturated rings. The van der Waals surface area contributed by atoms with E-state index in [4.69, 9.17) is 14.4 Å². The normalized spacial score (nSPS) is 14.2. The molecule has 8 nitrogen and oxygen atoms in total. The largest absolute Gasteiger partial charge is 0.491 e. The topological polar surface area (TPSA) is 101 Å². The molecule has 2 rings (SSSR count). The number of rotatable bonds is 4. The molecule has 0 radical (unpaired) electrons. The molecule has 2 heterocycles. The Balaban J connectivity index is 2.15. The summed E-state index contributed by atoms with van der Waals surface area (Å²) in [4.78, 5) is 15.3. The number of amidine groups is 1. The summed E-state index contributed by atoms with van der Waals surface area (Å²) in [5.74, 6) is 2.35. The lowest BCUT2D eigenvalue weighted by molar-refractivity contribution is -0.144. The zero-order valence-corrected chi connectivity index (χ0v) is 10.2. The lowest BCUT2D eigenvalue weighted by Crippen LogP contribution is -2.27. The smallest absolute Gasteiger partial charge is 0.327 e. The van der Waals surface area contributed by atoms with Crippen LogP contribution in [0.5, 0.6) is 5.88 Å². The molecule has 0 spiro atoms. The Kier molecular flexibility index (Phi) is 3.94. The van der Waals surface area contributed by atoms with Crippen LogP contribution < -0.4 is 0 Å². The molecule has 1 aliphatic heterocycles. The van der Waals surface area contributed by atoms with E-state index in [0.717, 1.165) is 0 Å². The van der Waals surface area contributed by atoms with Crippen molar-refractivity contribution in [3.05, 3.63) is 17.9 Å². The summed E-state index contributed by atoms with van der Waals surface area (Å²) >= 11 is 0. The van der Waals surface area contributed by atoms with Gasteiger partial charge in [0.05, 0.1) is 19.2 Å². The van der Waals surface area contributed by atoms with Gasteiger partial charge in [0, 0.05) is 0 Å². The van der Waals surface area contributed by atoms with Gasteiger partial charge in [-0.2, -0.15) is 10.1 Å². The second-order valence-electron chi connectivity index (χ2n) is 3.57. The number of carbonyl (C=O) groups is 1. The number of esters is 1. The van der Waals surface area contributed by atoms with Crippen molar-refractivity contribution in [3.8, 4) is 5.88 Å². The molecule has 1 aromatic heterocycles. The van der Waals surface area contributed by atoms with Gasteiger partial charge in [0.1, 0.15) is 6.54 Å². The molecule has 100 valence electrons. The molecular weight excluding hydrogens is 252 g/mol. The Bertz CT molecular complexity index is 557. The van der Waals surface area contributed by atoms with Crippen molar-refractivity contribution in [3.63, 3.8) is 0 Å². The molecule has 0 saturated heterocycles. The van der Waals surface area contributed by atoms with E-state index in [0.29, 0.717) is 13.2 Å². The number of aromatic nitrogens is 1. The van der Waals surface area contributed by atoms with Gasteiger partial charge in [0.25, 0.3) is 5.88 Å². The number of hydrogen-bond donors (Lipinski definition) is 1. The van der Waals surface area contributed by atoms with Crippen LogP contribution in [0.25, 0.3) is 0 Å². The summed E-state index contributed by atoms with van der Waals surface area (Å²) in [5, 5.41) is 18.0. The van der Waals surface area contributed by atoms with Crippen LogP contribution in [0.4, 0.5) is 0 Å². The summed E-state index contributed by atoms with van der Waals surface area (Å²) in [5.41, 5.74) is 0. The van der Waals surface area contributed by atoms with Gasteiger partial charge in [0.15, 0.2) is 0 Å². The summed E-state index contributed by atoms with van der Waals surface area (Å²) in [6, 6.07) is 1.28. The Morgan fingerprint density at radius 1 is 1.68 bits per heavy atom. The van der Waals surface area contributed by atoms with Gasteiger partial charge in [-0.05, 0) is 24.0 Å². The molecular formula is C11H12N4O4. The van der Waals surface area contributed by atoms with Crippen molar-refractivity contribution in [2.75, 3.05) is 19.7 Å². The third-order valence-electron chi connectivity index (χ3n) is 2.13. The van der Waals surface area contributed by atoms with Crippen LogP contribution in [0.3, 0.4) is 0 Å². The molecule has 8 heteroatoms. The standard InChI is InChI=1S/C11H12N4O4/c1-2-18-10(17)7-15-5-3-4-12-11(13-15)8-6-9(16)14-19-8/h3,6H,2,5,7H2,1H3,(H,14,16). The van der Waals surface area contributed by atoms with E-state index in [1.165, 1.54) is 11.1 Å². The van der Waals surface area contributed by atoms with Gasteiger partial charge in [0.2, 0.25) is 11.6 Å². The molecule has 0 atom stereocenters. The van der Waals surface area contributed by atoms with E-state index in [1.807, 2.05) is 0 Å². The Labute approximate surface area is 108 Å². The molecule has 19 heavy (non-hydrogen) atoms. The molecule has 1 aliphatic rings. The van der Waals surface area contributed by atoms with E-state index in [-0.39, 0.29) is 30.0 Å². The Hall–Kier alpha value is -2.60. The van der Waals surface area contributed by atoms with Crippen molar-refractivity contribution in [2.24, 2.45) is 10.1 Å². The van der Waals surface area contributed by atoms with Gasteiger partial charge in [-0.25, -0.2) is 0 Å². The molecule has 0 aliphatic carbocycles. The third-order valence-corrected chi connectivity index (χ3v) is 2.13. The molecule has 0 unspecified atom stereocenters. The average Bonchev–Trinajstić information content (AvgIpc) is 2.66. The van der Waals surface area contributed by atoms with Gasteiger partial charge in [-0.15, -0.1) is 0 Å². The van der Waals surface area contributed by atoms with Gasteiger partial charge >= 0.3 is 5.97 Å². The first kappa shape index (κ1) is 12.8. The van der Waals surface area contributed by atoms with Crippen LogP contribution in [-0.4, -0.2) is 52.6 Å². The molecule has 0 saturated carbocycles. The maximum atomic E-state index is 11.4. The van der Waals surface area contributed by atoms with Crippen LogP contribution in [0.1, 0.15) is 12.7 Å². The second kappa shape index (κ2) is 5.83. The fourth-order valence-electron chi connectivity index (χ4n) is 1.38. The minimum absolute atomic E-state index is 0.00877. The summed E-state index contributed by atoms with van der Waals surface area (Å²) < 4.78 is 9.68. The molecule has 0 aromatic carbocycles.